The van der Waals surface area contributed by atoms with Crippen molar-refractivity contribution in [3.63, 3.8) is 0 Å². The van der Waals surface area contributed by atoms with Crippen LogP contribution in [-0.4, -0.2) is 16.0 Å². The lowest BCUT2D eigenvalue weighted by Crippen LogP contribution is -2.19. The summed E-state index contributed by atoms with van der Waals surface area (Å²) in [7, 11) is 1.68. The van der Waals surface area contributed by atoms with Crippen molar-refractivity contribution in [2.45, 2.75) is 3.79 Å². The Morgan fingerprint density at radius 1 is 1.24 bits per heavy atom. The zero-order valence-electron chi connectivity index (χ0n) is 8.77. The number of rotatable bonds is 1. The van der Waals surface area contributed by atoms with E-state index in [1.807, 2.05) is 30.3 Å². The summed E-state index contributed by atoms with van der Waals surface area (Å²) in [6, 6.07) is 9.54. The average Bonchev–Trinajstić information content (AvgIpc) is 2.73. The Kier molecular flexibility index (Phi) is 3.78. The predicted octanol–water partition coefficient (Wildman–Crippen LogP) is 3.29. The molecule has 0 N–H and O–H groups in total. The summed E-state index contributed by atoms with van der Waals surface area (Å²) >= 11 is 18.9. The van der Waals surface area contributed by atoms with Crippen molar-refractivity contribution in [2.75, 3.05) is 7.05 Å². The van der Waals surface area contributed by atoms with Crippen LogP contribution in [0.5, 0.6) is 0 Å². The molecule has 0 fully saturated rings. The molecule has 0 bridgehead atoms. The molecule has 1 aromatic carbocycles. The Hall–Kier alpha value is -0.550. The van der Waals surface area contributed by atoms with Crippen LogP contribution in [0, 0.1) is 0 Å². The molecule has 2 rings (SSSR count). The maximum atomic E-state index is 5.90. The van der Waals surface area contributed by atoms with Crippen LogP contribution in [0.2, 0.25) is 0 Å². The second kappa shape index (κ2) is 4.98. The molecule has 0 unspecified atom stereocenters. The Labute approximate surface area is 117 Å². The molecule has 3 nitrogen and oxygen atoms in total. The molecule has 0 radical (unpaired) electrons. The molecule has 0 aliphatic carbocycles. The van der Waals surface area contributed by atoms with Gasteiger partial charge in [0.05, 0.1) is 0 Å². The van der Waals surface area contributed by atoms with Gasteiger partial charge in [-0.25, -0.2) is 0 Å². The lowest BCUT2D eigenvalue weighted by atomic mass is 10.3. The number of halogens is 3. The summed E-state index contributed by atoms with van der Waals surface area (Å²) in [4.78, 5) is 4.80. The molecule has 0 spiro atoms. The van der Waals surface area contributed by atoms with Crippen LogP contribution in [-0.2, 0) is 3.79 Å². The van der Waals surface area contributed by atoms with Crippen molar-refractivity contribution in [1.82, 2.24) is 8.94 Å². The van der Waals surface area contributed by atoms with E-state index in [0.717, 1.165) is 5.69 Å². The molecule has 1 heterocycles. The van der Waals surface area contributed by atoms with E-state index in [-0.39, 0.29) is 0 Å². The van der Waals surface area contributed by atoms with E-state index in [4.69, 9.17) is 34.8 Å². The van der Waals surface area contributed by atoms with Gasteiger partial charge in [-0.15, -0.1) is 0 Å². The largest absolute Gasteiger partial charge is 0.268 e. The first-order valence-electron chi connectivity index (χ1n) is 4.68. The average molecular weight is 309 g/mol. The van der Waals surface area contributed by atoms with Gasteiger partial charge in [0.25, 0.3) is 0 Å². The summed E-state index contributed by atoms with van der Waals surface area (Å²) < 4.78 is 4.31. The van der Waals surface area contributed by atoms with Gasteiger partial charge in [-0.2, -0.15) is 4.37 Å². The summed E-state index contributed by atoms with van der Waals surface area (Å²) in [6.07, 6.45) is 0. The fourth-order valence-corrected chi connectivity index (χ4v) is 2.66. The highest BCUT2D eigenvalue weighted by Crippen LogP contribution is 2.37. The van der Waals surface area contributed by atoms with Gasteiger partial charge in [-0.1, -0.05) is 53.0 Å². The Morgan fingerprint density at radius 2 is 1.88 bits per heavy atom. The highest BCUT2D eigenvalue weighted by molar-refractivity contribution is 7.03. The fraction of sp³-hybridized carbons (Fsp3) is 0.200. The zero-order valence-corrected chi connectivity index (χ0v) is 11.9. The number of nitrogens with zero attached hydrogens (tertiary/aromatic N) is 3. The third-order valence-electron chi connectivity index (χ3n) is 2.08. The topological polar surface area (TPSA) is 30.2 Å². The van der Waals surface area contributed by atoms with E-state index in [1.54, 1.807) is 11.6 Å². The number of aromatic nitrogens is 2. The third kappa shape index (κ3) is 2.65. The van der Waals surface area contributed by atoms with Gasteiger partial charge >= 0.3 is 0 Å². The normalized spacial score (nSPS) is 13.1. The minimum atomic E-state index is -1.57. The van der Waals surface area contributed by atoms with Gasteiger partial charge in [0, 0.05) is 24.3 Å². The van der Waals surface area contributed by atoms with E-state index >= 15 is 0 Å². The standard InChI is InChI=1S/C10H8Cl3N3S/c1-14-9-16(7-5-3-2-4-6-7)8(15-17-9)10(11,12)13/h2-6H,1H3. The van der Waals surface area contributed by atoms with E-state index in [0.29, 0.717) is 10.6 Å². The van der Waals surface area contributed by atoms with Crippen molar-refractivity contribution in [2.24, 2.45) is 4.99 Å². The monoisotopic (exact) mass is 307 g/mol. The maximum Gasteiger partial charge on any atom is 0.249 e. The highest BCUT2D eigenvalue weighted by atomic mass is 35.6. The van der Waals surface area contributed by atoms with Gasteiger partial charge in [0.1, 0.15) is 0 Å². The van der Waals surface area contributed by atoms with E-state index in [1.165, 1.54) is 11.5 Å². The summed E-state index contributed by atoms with van der Waals surface area (Å²) in [5, 5.41) is 0. The van der Waals surface area contributed by atoms with Gasteiger partial charge in [-0.3, -0.25) is 9.56 Å². The first kappa shape index (κ1) is 12.9. The summed E-state index contributed by atoms with van der Waals surface area (Å²) in [5.74, 6) is 0.347. The minimum absolute atomic E-state index is 0.347. The zero-order chi connectivity index (χ0) is 12.5. The predicted molar refractivity (Wildman–Crippen MR) is 72.2 cm³/mol. The Morgan fingerprint density at radius 3 is 2.41 bits per heavy atom. The van der Waals surface area contributed by atoms with Gasteiger partial charge < -0.3 is 0 Å². The molecule has 2 aromatic rings. The molecule has 0 aliphatic heterocycles. The van der Waals surface area contributed by atoms with E-state index in [2.05, 4.69) is 9.37 Å². The molecule has 90 valence electrons. The maximum absolute atomic E-state index is 5.90. The molecule has 0 amide bonds. The molecule has 0 saturated carbocycles. The van der Waals surface area contributed by atoms with Crippen molar-refractivity contribution in [1.29, 1.82) is 0 Å². The van der Waals surface area contributed by atoms with Crippen molar-refractivity contribution < 1.29 is 0 Å². The molecule has 0 saturated heterocycles. The van der Waals surface area contributed by atoms with Crippen molar-refractivity contribution in [3.05, 3.63) is 41.0 Å². The smallest absolute Gasteiger partial charge is 0.249 e. The lowest BCUT2D eigenvalue weighted by Gasteiger charge is -2.12. The second-order valence-corrected chi connectivity index (χ2v) is 6.19. The molecule has 7 heteroatoms. The van der Waals surface area contributed by atoms with Gasteiger partial charge in [0.15, 0.2) is 5.82 Å². The number of alkyl halides is 3. The molecular weight excluding hydrogens is 301 g/mol. The number of hydrogen-bond donors (Lipinski definition) is 0. The third-order valence-corrected chi connectivity index (χ3v) is 3.38. The Bertz CT molecular complexity index is 568. The van der Waals surface area contributed by atoms with Crippen molar-refractivity contribution in [3.8, 4) is 5.69 Å². The van der Waals surface area contributed by atoms with Crippen LogP contribution in [0.4, 0.5) is 0 Å². The Balaban J connectivity index is 2.72. The van der Waals surface area contributed by atoms with E-state index in [9.17, 15) is 0 Å². The highest BCUT2D eigenvalue weighted by Gasteiger charge is 2.30. The molecule has 1 aromatic heterocycles. The van der Waals surface area contributed by atoms with Gasteiger partial charge in [0.2, 0.25) is 8.59 Å². The summed E-state index contributed by atoms with van der Waals surface area (Å²) in [6.45, 7) is 0. The first-order valence-corrected chi connectivity index (χ1v) is 6.59. The molecular formula is C10H8Cl3N3S. The quantitative estimate of drug-likeness (QED) is 0.744. The van der Waals surface area contributed by atoms with Crippen LogP contribution in [0.15, 0.2) is 35.3 Å². The van der Waals surface area contributed by atoms with Crippen LogP contribution in [0.25, 0.3) is 5.69 Å². The number of hydrogen-bond acceptors (Lipinski definition) is 3. The summed E-state index contributed by atoms with van der Waals surface area (Å²) in [5.41, 5.74) is 0.864. The lowest BCUT2D eigenvalue weighted by molar-refractivity contribution is 0.872. The molecule has 17 heavy (non-hydrogen) atoms. The van der Waals surface area contributed by atoms with Crippen LogP contribution < -0.4 is 4.80 Å². The fourth-order valence-electron chi connectivity index (χ4n) is 1.39. The van der Waals surface area contributed by atoms with Crippen LogP contribution in [0.3, 0.4) is 0 Å². The van der Waals surface area contributed by atoms with Gasteiger partial charge in [-0.05, 0) is 12.1 Å². The van der Waals surface area contributed by atoms with Crippen molar-refractivity contribution >= 4 is 46.3 Å². The number of para-hydroxylation sites is 1. The second-order valence-electron chi connectivity index (χ2n) is 3.18. The minimum Gasteiger partial charge on any atom is -0.268 e. The molecule has 0 atom stereocenters. The van der Waals surface area contributed by atoms with Crippen LogP contribution in [0.1, 0.15) is 5.82 Å². The number of benzene rings is 1. The molecule has 0 aliphatic rings. The van der Waals surface area contributed by atoms with E-state index < -0.39 is 3.79 Å². The SMILES string of the molecule is CN=c1snc(C(Cl)(Cl)Cl)n1-c1ccccc1. The first-order chi connectivity index (χ1) is 8.04. The van der Waals surface area contributed by atoms with Crippen LogP contribution >= 0.6 is 46.3 Å².